The van der Waals surface area contributed by atoms with Gasteiger partial charge in [-0.1, -0.05) is 36.4 Å². The first-order valence-corrected chi connectivity index (χ1v) is 9.10. The number of alkyl halides is 6. The first-order chi connectivity index (χ1) is 14.4. The average molecular weight is 447 g/mol. The zero-order valence-corrected chi connectivity index (χ0v) is 16.1. The van der Waals surface area contributed by atoms with Crippen molar-refractivity contribution in [3.05, 3.63) is 92.9 Å². The molecule has 0 saturated carbocycles. The Kier molecular flexibility index (Phi) is 7.89. The second-order valence-electron chi connectivity index (χ2n) is 6.58. The third-order valence-electron chi connectivity index (χ3n) is 4.20. The molecule has 0 atom stereocenters. The second kappa shape index (κ2) is 10.2. The van der Waals surface area contributed by atoms with E-state index >= 15 is 0 Å². The van der Waals surface area contributed by atoms with Crippen molar-refractivity contribution in [2.24, 2.45) is 0 Å². The van der Waals surface area contributed by atoms with Gasteiger partial charge in [-0.25, -0.2) is 0 Å². The molecule has 5 nitrogen and oxygen atoms in total. The van der Waals surface area contributed by atoms with Crippen molar-refractivity contribution >= 4 is 0 Å². The van der Waals surface area contributed by atoms with Gasteiger partial charge >= 0.3 is 12.4 Å². The maximum absolute atomic E-state index is 12.8. The number of hydrogen-bond donors (Lipinski definition) is 2. The summed E-state index contributed by atoms with van der Waals surface area (Å²) in [7, 11) is 0. The molecule has 0 aliphatic rings. The lowest BCUT2D eigenvalue weighted by Crippen LogP contribution is -2.30. The zero-order valence-electron chi connectivity index (χ0n) is 16.1. The SMILES string of the molecule is O=[N+]([O-])C=C(NCCc1cccc(C(F)(F)F)c1)NCCc1cccc(C(F)(F)F)c1. The van der Waals surface area contributed by atoms with Crippen LogP contribution in [0.1, 0.15) is 22.3 Å². The van der Waals surface area contributed by atoms with Crippen LogP contribution in [0.2, 0.25) is 0 Å². The normalized spacial score (nSPS) is 11.7. The van der Waals surface area contributed by atoms with Crippen LogP contribution in [0.5, 0.6) is 0 Å². The van der Waals surface area contributed by atoms with Crippen LogP contribution in [0.3, 0.4) is 0 Å². The first kappa shape index (κ1) is 24.0. The van der Waals surface area contributed by atoms with Gasteiger partial charge in [0, 0.05) is 13.1 Å². The fourth-order valence-corrected chi connectivity index (χ4v) is 2.75. The van der Waals surface area contributed by atoms with Crippen molar-refractivity contribution in [2.45, 2.75) is 25.2 Å². The first-order valence-electron chi connectivity index (χ1n) is 9.10. The molecule has 0 bridgehead atoms. The van der Waals surface area contributed by atoms with Crippen LogP contribution in [0.25, 0.3) is 0 Å². The third-order valence-corrected chi connectivity index (χ3v) is 4.20. The molecule has 11 heteroatoms. The molecule has 0 unspecified atom stereocenters. The molecule has 2 aromatic carbocycles. The van der Waals surface area contributed by atoms with Crippen LogP contribution < -0.4 is 10.6 Å². The molecule has 2 N–H and O–H groups in total. The minimum Gasteiger partial charge on any atom is -0.366 e. The molecule has 2 rings (SSSR count). The predicted octanol–water partition coefficient (Wildman–Crippen LogP) is 4.76. The quantitative estimate of drug-likeness (QED) is 0.330. The summed E-state index contributed by atoms with van der Waals surface area (Å²) in [5, 5.41) is 16.2. The highest BCUT2D eigenvalue weighted by molar-refractivity contribution is 5.27. The summed E-state index contributed by atoms with van der Waals surface area (Å²) in [6.45, 7) is 0.217. The van der Waals surface area contributed by atoms with Crippen molar-refractivity contribution in [1.29, 1.82) is 0 Å². The number of benzene rings is 2. The van der Waals surface area contributed by atoms with E-state index in [0.717, 1.165) is 24.3 Å². The molecular formula is C20H19F6N3O2. The van der Waals surface area contributed by atoms with Gasteiger partial charge in [0.1, 0.15) is 0 Å². The molecule has 0 spiro atoms. The number of nitrogens with one attached hydrogen (secondary N) is 2. The molecule has 0 amide bonds. The molecule has 31 heavy (non-hydrogen) atoms. The Morgan fingerprint density at radius 3 is 1.61 bits per heavy atom. The molecular weight excluding hydrogens is 428 g/mol. The Balaban J connectivity index is 1.91. The van der Waals surface area contributed by atoms with Crippen LogP contribution >= 0.6 is 0 Å². The fraction of sp³-hybridized carbons (Fsp3) is 0.300. The molecule has 0 radical (unpaired) electrons. The lowest BCUT2D eigenvalue weighted by molar-refractivity contribution is -0.404. The van der Waals surface area contributed by atoms with Gasteiger partial charge in [0.15, 0.2) is 5.82 Å². The highest BCUT2D eigenvalue weighted by Gasteiger charge is 2.31. The smallest absolute Gasteiger partial charge is 0.366 e. The third kappa shape index (κ3) is 8.19. The lowest BCUT2D eigenvalue weighted by atomic mass is 10.1. The van der Waals surface area contributed by atoms with Gasteiger partial charge in [0.2, 0.25) is 0 Å². The van der Waals surface area contributed by atoms with E-state index in [1.54, 1.807) is 0 Å². The maximum atomic E-state index is 12.8. The summed E-state index contributed by atoms with van der Waals surface area (Å²) in [6.07, 6.45) is -7.93. The zero-order chi connectivity index (χ0) is 23.1. The molecule has 0 fully saturated rings. The predicted molar refractivity (Wildman–Crippen MR) is 101 cm³/mol. The Bertz CT molecular complexity index is 860. The van der Waals surface area contributed by atoms with Gasteiger partial charge in [0.25, 0.3) is 6.20 Å². The van der Waals surface area contributed by atoms with Crippen molar-refractivity contribution < 1.29 is 31.3 Å². The summed E-state index contributed by atoms with van der Waals surface area (Å²) in [5.41, 5.74) is -0.783. The van der Waals surface area contributed by atoms with Crippen LogP contribution in [0.15, 0.2) is 60.6 Å². The van der Waals surface area contributed by atoms with E-state index in [4.69, 9.17) is 0 Å². The van der Waals surface area contributed by atoms with E-state index in [9.17, 15) is 36.5 Å². The summed E-state index contributed by atoms with van der Waals surface area (Å²) in [5.74, 6) is 0.00366. The van der Waals surface area contributed by atoms with Gasteiger partial charge < -0.3 is 10.6 Å². The van der Waals surface area contributed by atoms with Gasteiger partial charge in [-0.15, -0.1) is 0 Å². The van der Waals surface area contributed by atoms with Crippen LogP contribution in [0.4, 0.5) is 26.3 Å². The minimum atomic E-state index is -4.47. The molecule has 0 heterocycles. The topological polar surface area (TPSA) is 67.2 Å². The summed E-state index contributed by atoms with van der Waals surface area (Å²) in [4.78, 5) is 10.1. The van der Waals surface area contributed by atoms with Gasteiger partial charge in [0.05, 0.1) is 16.1 Å². The molecule has 0 saturated heterocycles. The van der Waals surface area contributed by atoms with E-state index in [2.05, 4.69) is 10.6 Å². The standard InChI is InChI=1S/C20H19F6N3O2/c21-19(22,23)16-5-1-3-14(11-16)7-9-27-18(13-29(30)31)28-10-8-15-4-2-6-17(12-15)20(24,25)26/h1-6,11-13,27-28H,7-10H2. The Hall–Kier alpha value is -3.24. The molecule has 0 aliphatic carbocycles. The lowest BCUT2D eigenvalue weighted by Gasteiger charge is -2.13. The minimum absolute atomic E-state index is 0.00366. The largest absolute Gasteiger partial charge is 0.416 e. The van der Waals surface area contributed by atoms with Gasteiger partial charge in [-0.3, -0.25) is 10.1 Å². The van der Waals surface area contributed by atoms with E-state index in [-0.39, 0.29) is 31.8 Å². The van der Waals surface area contributed by atoms with E-state index in [1.165, 1.54) is 24.3 Å². The second-order valence-corrected chi connectivity index (χ2v) is 6.58. The summed E-state index contributed by atoms with van der Waals surface area (Å²) in [6, 6.07) is 9.47. The average Bonchev–Trinajstić information content (AvgIpc) is 2.66. The number of hydrogen-bond acceptors (Lipinski definition) is 4. The van der Waals surface area contributed by atoms with E-state index in [0.29, 0.717) is 17.3 Å². The Morgan fingerprint density at radius 2 is 1.26 bits per heavy atom. The van der Waals surface area contributed by atoms with Gasteiger partial charge in [-0.05, 0) is 36.1 Å². The van der Waals surface area contributed by atoms with Crippen LogP contribution in [-0.2, 0) is 25.2 Å². The fourth-order valence-electron chi connectivity index (χ4n) is 2.75. The number of rotatable bonds is 9. The monoisotopic (exact) mass is 447 g/mol. The molecule has 168 valence electrons. The van der Waals surface area contributed by atoms with Crippen molar-refractivity contribution in [3.63, 3.8) is 0 Å². The van der Waals surface area contributed by atoms with Gasteiger partial charge in [-0.2, -0.15) is 26.3 Å². The van der Waals surface area contributed by atoms with Crippen LogP contribution in [-0.4, -0.2) is 18.0 Å². The summed E-state index contributed by atoms with van der Waals surface area (Å²) >= 11 is 0. The Morgan fingerprint density at radius 1 is 0.839 bits per heavy atom. The highest BCUT2D eigenvalue weighted by Crippen LogP contribution is 2.30. The maximum Gasteiger partial charge on any atom is 0.416 e. The molecule has 2 aromatic rings. The van der Waals surface area contributed by atoms with Crippen molar-refractivity contribution in [3.8, 4) is 0 Å². The van der Waals surface area contributed by atoms with Crippen molar-refractivity contribution in [2.75, 3.05) is 13.1 Å². The molecule has 0 aliphatic heterocycles. The molecule has 0 aromatic heterocycles. The Labute approximate surface area is 173 Å². The van der Waals surface area contributed by atoms with Crippen molar-refractivity contribution in [1.82, 2.24) is 10.6 Å². The number of nitro groups is 1. The summed E-state index contributed by atoms with van der Waals surface area (Å²) < 4.78 is 76.6. The van der Waals surface area contributed by atoms with E-state index < -0.39 is 28.4 Å². The highest BCUT2D eigenvalue weighted by atomic mass is 19.4. The van der Waals surface area contributed by atoms with Crippen LogP contribution in [0, 0.1) is 10.1 Å². The number of nitrogens with zero attached hydrogens (tertiary/aromatic N) is 1. The van der Waals surface area contributed by atoms with E-state index in [1.807, 2.05) is 0 Å². The number of halogens is 6.